The van der Waals surface area contributed by atoms with Crippen LogP contribution in [0, 0.1) is 5.82 Å². The molecule has 0 saturated heterocycles. The summed E-state index contributed by atoms with van der Waals surface area (Å²) in [5, 5.41) is 0. The molecule has 0 heterocycles. The molecule has 11 heavy (non-hydrogen) atoms. The fourth-order valence-electron chi connectivity index (χ4n) is 0.818. The van der Waals surface area contributed by atoms with Crippen LogP contribution < -0.4 is 11.9 Å². The second-order valence-electron chi connectivity index (χ2n) is 2.17. The van der Waals surface area contributed by atoms with Crippen molar-refractivity contribution < 1.29 is 4.39 Å². The summed E-state index contributed by atoms with van der Waals surface area (Å²) in [6.45, 7) is 0.617. The average molecular weight is 156 g/mol. The summed E-state index contributed by atoms with van der Waals surface area (Å²) in [6, 6.07) is 6.40. The minimum Gasteiger partial charge on any atom is -0.344 e. The highest BCUT2D eigenvalue weighted by Crippen LogP contribution is 2.01. The van der Waals surface area contributed by atoms with Gasteiger partial charge in [-0.2, -0.15) is 0 Å². The molecule has 5 N–H and O–H groups in total. The summed E-state index contributed by atoms with van der Waals surface area (Å²) in [5.74, 6) is -0.194. The molecule has 0 unspecified atom stereocenters. The van der Waals surface area contributed by atoms with Gasteiger partial charge in [0, 0.05) is 0 Å². The van der Waals surface area contributed by atoms with Gasteiger partial charge in [0.1, 0.15) is 5.82 Å². The molecule has 0 aliphatic heterocycles. The number of hydrogen-bond acceptors (Lipinski definition) is 2. The van der Waals surface area contributed by atoms with E-state index in [4.69, 9.17) is 5.73 Å². The fraction of sp³-hybridized carbons (Fsp3) is 0.250. The Morgan fingerprint density at radius 2 is 1.73 bits per heavy atom. The summed E-state index contributed by atoms with van der Waals surface area (Å²) in [7, 11) is 0. The average Bonchev–Trinajstić information content (AvgIpc) is 1.95. The van der Waals surface area contributed by atoms with Crippen molar-refractivity contribution >= 4 is 0 Å². The first-order valence-electron chi connectivity index (χ1n) is 3.27. The molecular formula is C8H13FN2. The molecule has 0 amide bonds. The predicted molar refractivity (Wildman–Crippen MR) is 44.2 cm³/mol. The first kappa shape index (κ1) is 10.1. The number of halogens is 1. The van der Waals surface area contributed by atoms with Gasteiger partial charge >= 0.3 is 0 Å². The van der Waals surface area contributed by atoms with E-state index in [1.165, 1.54) is 12.1 Å². The van der Waals surface area contributed by atoms with Gasteiger partial charge in [-0.05, 0) is 30.7 Å². The molecule has 0 radical (unpaired) electrons. The predicted octanol–water partition coefficient (Wildman–Crippen LogP) is 1.49. The standard InChI is InChI=1S/C8H10FN.H3N/c9-8-3-1-7(2-4-8)5-6-10;/h1-4H,5-6,10H2;1H3. The summed E-state index contributed by atoms with van der Waals surface area (Å²) in [6.07, 6.45) is 0.820. The third-order valence-corrected chi connectivity index (χ3v) is 1.35. The molecule has 0 saturated carbocycles. The van der Waals surface area contributed by atoms with Crippen LogP contribution >= 0.6 is 0 Å². The molecule has 0 bridgehead atoms. The van der Waals surface area contributed by atoms with E-state index < -0.39 is 0 Å². The molecule has 0 aliphatic carbocycles. The minimum absolute atomic E-state index is 0. The van der Waals surface area contributed by atoms with Crippen LogP contribution in [0.3, 0.4) is 0 Å². The molecule has 1 rings (SSSR count). The second-order valence-corrected chi connectivity index (χ2v) is 2.17. The minimum atomic E-state index is -0.194. The summed E-state index contributed by atoms with van der Waals surface area (Å²) >= 11 is 0. The zero-order chi connectivity index (χ0) is 7.40. The lowest BCUT2D eigenvalue weighted by Crippen LogP contribution is -2.02. The van der Waals surface area contributed by atoms with E-state index in [1.807, 2.05) is 0 Å². The molecule has 2 nitrogen and oxygen atoms in total. The highest BCUT2D eigenvalue weighted by atomic mass is 19.1. The van der Waals surface area contributed by atoms with E-state index in [9.17, 15) is 4.39 Å². The molecule has 0 spiro atoms. The van der Waals surface area contributed by atoms with Crippen molar-refractivity contribution in [3.63, 3.8) is 0 Å². The molecular weight excluding hydrogens is 143 g/mol. The van der Waals surface area contributed by atoms with E-state index in [0.717, 1.165) is 12.0 Å². The number of nitrogens with two attached hydrogens (primary N) is 1. The van der Waals surface area contributed by atoms with E-state index in [-0.39, 0.29) is 12.0 Å². The highest BCUT2D eigenvalue weighted by Gasteiger charge is 1.90. The van der Waals surface area contributed by atoms with E-state index in [1.54, 1.807) is 12.1 Å². The lowest BCUT2D eigenvalue weighted by atomic mass is 10.1. The molecule has 0 aromatic heterocycles. The molecule has 0 atom stereocenters. The van der Waals surface area contributed by atoms with Gasteiger partial charge in [-0.25, -0.2) is 4.39 Å². The fourth-order valence-corrected chi connectivity index (χ4v) is 0.818. The van der Waals surface area contributed by atoms with Crippen LogP contribution in [0.4, 0.5) is 4.39 Å². The van der Waals surface area contributed by atoms with Gasteiger partial charge in [-0.3, -0.25) is 0 Å². The Balaban J connectivity index is 0.000001000. The summed E-state index contributed by atoms with van der Waals surface area (Å²) < 4.78 is 12.3. The van der Waals surface area contributed by atoms with Crippen molar-refractivity contribution in [2.45, 2.75) is 6.42 Å². The third kappa shape index (κ3) is 3.11. The van der Waals surface area contributed by atoms with Crippen LogP contribution in [0.25, 0.3) is 0 Å². The van der Waals surface area contributed by atoms with Gasteiger partial charge < -0.3 is 11.9 Å². The zero-order valence-electron chi connectivity index (χ0n) is 6.39. The maximum absolute atomic E-state index is 12.3. The normalized spacial score (nSPS) is 8.91. The first-order valence-corrected chi connectivity index (χ1v) is 3.27. The monoisotopic (exact) mass is 156 g/mol. The largest absolute Gasteiger partial charge is 0.344 e. The Bertz CT molecular complexity index is 196. The van der Waals surface area contributed by atoms with Crippen molar-refractivity contribution in [3.05, 3.63) is 35.6 Å². The van der Waals surface area contributed by atoms with Crippen LogP contribution in [0.1, 0.15) is 5.56 Å². The van der Waals surface area contributed by atoms with Crippen LogP contribution in [0.2, 0.25) is 0 Å². The Morgan fingerprint density at radius 1 is 1.18 bits per heavy atom. The van der Waals surface area contributed by atoms with Crippen molar-refractivity contribution in [1.29, 1.82) is 0 Å². The van der Waals surface area contributed by atoms with Gasteiger partial charge in [0.25, 0.3) is 0 Å². The van der Waals surface area contributed by atoms with Gasteiger partial charge in [-0.1, -0.05) is 12.1 Å². The summed E-state index contributed by atoms with van der Waals surface area (Å²) in [5.41, 5.74) is 6.39. The lowest BCUT2D eigenvalue weighted by Gasteiger charge is -1.95. The molecule has 3 heteroatoms. The number of rotatable bonds is 2. The number of benzene rings is 1. The van der Waals surface area contributed by atoms with Gasteiger partial charge in [-0.15, -0.1) is 0 Å². The molecule has 0 aliphatic rings. The quantitative estimate of drug-likeness (QED) is 0.681. The van der Waals surface area contributed by atoms with Crippen molar-refractivity contribution in [3.8, 4) is 0 Å². The topological polar surface area (TPSA) is 61.0 Å². The smallest absolute Gasteiger partial charge is 0.123 e. The first-order chi connectivity index (χ1) is 4.83. The number of hydrogen-bond donors (Lipinski definition) is 2. The molecule has 62 valence electrons. The Morgan fingerprint density at radius 3 is 2.18 bits per heavy atom. The zero-order valence-corrected chi connectivity index (χ0v) is 6.39. The molecule has 1 aromatic rings. The maximum Gasteiger partial charge on any atom is 0.123 e. The van der Waals surface area contributed by atoms with Crippen molar-refractivity contribution in [2.75, 3.05) is 6.54 Å². The Labute approximate surface area is 65.8 Å². The van der Waals surface area contributed by atoms with E-state index >= 15 is 0 Å². The van der Waals surface area contributed by atoms with Crippen LogP contribution in [-0.4, -0.2) is 6.54 Å². The third-order valence-electron chi connectivity index (χ3n) is 1.35. The van der Waals surface area contributed by atoms with Crippen LogP contribution in [-0.2, 0) is 6.42 Å². The maximum atomic E-state index is 12.3. The molecule has 0 fully saturated rings. The Kier molecular flexibility index (Phi) is 4.41. The lowest BCUT2D eigenvalue weighted by molar-refractivity contribution is 0.627. The van der Waals surface area contributed by atoms with Gasteiger partial charge in [0.05, 0.1) is 0 Å². The highest BCUT2D eigenvalue weighted by molar-refractivity contribution is 5.16. The second kappa shape index (κ2) is 4.82. The van der Waals surface area contributed by atoms with Crippen LogP contribution in [0.15, 0.2) is 24.3 Å². The van der Waals surface area contributed by atoms with Gasteiger partial charge in [0.15, 0.2) is 0 Å². The van der Waals surface area contributed by atoms with Crippen molar-refractivity contribution in [2.24, 2.45) is 5.73 Å². The Hall–Kier alpha value is -0.930. The summed E-state index contributed by atoms with van der Waals surface area (Å²) in [4.78, 5) is 0. The van der Waals surface area contributed by atoms with E-state index in [0.29, 0.717) is 6.54 Å². The van der Waals surface area contributed by atoms with Gasteiger partial charge in [0.2, 0.25) is 0 Å². The van der Waals surface area contributed by atoms with E-state index in [2.05, 4.69) is 0 Å². The van der Waals surface area contributed by atoms with Crippen LogP contribution in [0.5, 0.6) is 0 Å². The molecule has 1 aromatic carbocycles. The van der Waals surface area contributed by atoms with Crippen molar-refractivity contribution in [1.82, 2.24) is 6.15 Å². The SMILES string of the molecule is N.NCCc1ccc(F)cc1.